The first-order valence-electron chi connectivity index (χ1n) is 7.07. The average Bonchev–Trinajstić information content (AvgIpc) is 2.62. The van der Waals surface area contributed by atoms with Gasteiger partial charge in [-0.1, -0.05) is 27.2 Å². The van der Waals surface area contributed by atoms with Crippen LogP contribution in [0.15, 0.2) is 0 Å². The maximum Gasteiger partial charge on any atom is 0.0470 e. The summed E-state index contributed by atoms with van der Waals surface area (Å²) in [5, 5.41) is 9.88. The molecule has 3 aliphatic rings. The Morgan fingerprint density at radius 2 is 1.88 bits per heavy atom. The molecule has 0 aromatic heterocycles. The molecule has 0 heterocycles. The molecule has 0 aromatic carbocycles. The molecule has 3 fully saturated rings. The number of aliphatic hydroxyl groups is 1. The van der Waals surface area contributed by atoms with Crippen LogP contribution in [0.25, 0.3) is 0 Å². The quantitative estimate of drug-likeness (QED) is 0.718. The number of hydrogen-bond acceptors (Lipinski definition) is 1. The van der Waals surface area contributed by atoms with E-state index in [1.54, 1.807) is 0 Å². The zero-order chi connectivity index (χ0) is 11.6. The number of rotatable bonds is 1. The lowest BCUT2D eigenvalue weighted by atomic mass is 9.51. The molecule has 4 atom stereocenters. The largest absolute Gasteiger partial charge is 0.396 e. The summed E-state index contributed by atoms with van der Waals surface area (Å²) in [6, 6.07) is 0. The second kappa shape index (κ2) is 3.04. The molecule has 2 bridgehead atoms. The molecule has 0 amide bonds. The molecule has 1 heteroatoms. The highest BCUT2D eigenvalue weighted by Gasteiger charge is 2.69. The van der Waals surface area contributed by atoms with E-state index in [9.17, 15) is 5.11 Å². The zero-order valence-corrected chi connectivity index (χ0v) is 11.1. The average molecular weight is 222 g/mol. The van der Waals surface area contributed by atoms with Crippen molar-refractivity contribution in [2.75, 3.05) is 6.61 Å². The Hall–Kier alpha value is -0.0400. The Kier molecular flexibility index (Phi) is 2.11. The van der Waals surface area contributed by atoms with Crippen molar-refractivity contribution in [3.8, 4) is 0 Å². The smallest absolute Gasteiger partial charge is 0.0470 e. The van der Waals surface area contributed by atoms with E-state index in [0.29, 0.717) is 28.8 Å². The van der Waals surface area contributed by atoms with Gasteiger partial charge in [0.2, 0.25) is 0 Å². The third kappa shape index (κ3) is 1.02. The second-order valence-electron chi connectivity index (χ2n) is 7.61. The molecule has 3 rings (SSSR count). The van der Waals surface area contributed by atoms with Gasteiger partial charge in [0, 0.05) is 6.61 Å². The summed E-state index contributed by atoms with van der Waals surface area (Å²) in [5.74, 6) is 1.49. The molecule has 3 saturated carbocycles. The van der Waals surface area contributed by atoms with Crippen molar-refractivity contribution in [1.29, 1.82) is 0 Å². The molecule has 0 aliphatic heterocycles. The molecule has 16 heavy (non-hydrogen) atoms. The first kappa shape index (κ1) is 11.1. The maximum absolute atomic E-state index is 9.88. The van der Waals surface area contributed by atoms with Gasteiger partial charge in [-0.25, -0.2) is 0 Å². The van der Waals surface area contributed by atoms with E-state index in [1.165, 1.54) is 38.5 Å². The molecule has 1 spiro atoms. The summed E-state index contributed by atoms with van der Waals surface area (Å²) in [4.78, 5) is 0. The van der Waals surface area contributed by atoms with Crippen LogP contribution < -0.4 is 0 Å². The van der Waals surface area contributed by atoms with Crippen molar-refractivity contribution in [2.24, 2.45) is 28.1 Å². The summed E-state index contributed by atoms with van der Waals surface area (Å²) in [6.45, 7) is 7.81. The lowest BCUT2D eigenvalue weighted by Crippen LogP contribution is -2.47. The third-order valence-electron chi connectivity index (χ3n) is 6.81. The molecule has 1 N–H and O–H groups in total. The van der Waals surface area contributed by atoms with E-state index in [1.807, 2.05) is 0 Å². The molecular formula is C15H26O. The third-order valence-corrected chi connectivity index (χ3v) is 6.81. The van der Waals surface area contributed by atoms with Gasteiger partial charge in [0.1, 0.15) is 0 Å². The fourth-order valence-corrected chi connectivity index (χ4v) is 6.07. The first-order valence-corrected chi connectivity index (χ1v) is 7.07. The Balaban J connectivity index is 2.09. The Morgan fingerprint density at radius 3 is 2.56 bits per heavy atom. The molecule has 1 nitrogen and oxygen atoms in total. The number of hydrogen-bond donors (Lipinski definition) is 1. The first-order chi connectivity index (χ1) is 7.46. The van der Waals surface area contributed by atoms with Crippen LogP contribution in [-0.2, 0) is 0 Å². The summed E-state index contributed by atoms with van der Waals surface area (Å²) in [7, 11) is 0. The SMILES string of the molecule is CC1(C)CCC[C@H]2C[C@]3(C)CC[C@@]21[C@@H]3CO. The molecule has 0 radical (unpaired) electrons. The molecule has 0 unspecified atom stereocenters. The van der Waals surface area contributed by atoms with E-state index < -0.39 is 0 Å². The molecule has 3 aliphatic carbocycles. The zero-order valence-electron chi connectivity index (χ0n) is 11.1. The topological polar surface area (TPSA) is 20.2 Å². The fourth-order valence-electron chi connectivity index (χ4n) is 6.07. The van der Waals surface area contributed by atoms with Gasteiger partial charge in [-0.2, -0.15) is 0 Å². The van der Waals surface area contributed by atoms with Gasteiger partial charge in [0.25, 0.3) is 0 Å². The number of aliphatic hydroxyl groups excluding tert-OH is 1. The van der Waals surface area contributed by atoms with Gasteiger partial charge in [0.05, 0.1) is 0 Å². The molecular weight excluding hydrogens is 196 g/mol. The summed E-state index contributed by atoms with van der Waals surface area (Å²) in [5.41, 5.74) is 1.40. The van der Waals surface area contributed by atoms with Crippen LogP contribution >= 0.6 is 0 Å². The van der Waals surface area contributed by atoms with E-state index in [4.69, 9.17) is 0 Å². The minimum absolute atomic E-state index is 0.427. The lowest BCUT2D eigenvalue weighted by Gasteiger charge is -2.54. The van der Waals surface area contributed by atoms with Crippen LogP contribution in [0.2, 0.25) is 0 Å². The van der Waals surface area contributed by atoms with E-state index in [0.717, 1.165) is 5.92 Å². The van der Waals surface area contributed by atoms with Gasteiger partial charge in [0.15, 0.2) is 0 Å². The Bertz CT molecular complexity index is 309. The van der Waals surface area contributed by atoms with Crippen molar-refractivity contribution in [3.63, 3.8) is 0 Å². The van der Waals surface area contributed by atoms with Crippen molar-refractivity contribution in [1.82, 2.24) is 0 Å². The fraction of sp³-hybridized carbons (Fsp3) is 1.00. The van der Waals surface area contributed by atoms with Gasteiger partial charge < -0.3 is 5.11 Å². The standard InChI is InChI=1S/C15H26O/c1-13(2)6-4-5-11-9-14(3)7-8-15(11,13)12(14)10-16/h11-12,16H,4-10H2,1-3H3/t11-,12+,14-,15-/m0/s1. The van der Waals surface area contributed by atoms with E-state index in [-0.39, 0.29) is 0 Å². The predicted octanol–water partition coefficient (Wildman–Crippen LogP) is 3.61. The van der Waals surface area contributed by atoms with Gasteiger partial charge >= 0.3 is 0 Å². The lowest BCUT2D eigenvalue weighted by molar-refractivity contribution is -0.0640. The predicted molar refractivity (Wildman–Crippen MR) is 66.1 cm³/mol. The van der Waals surface area contributed by atoms with Gasteiger partial charge in [-0.15, -0.1) is 0 Å². The molecule has 0 aromatic rings. The summed E-state index contributed by atoms with van der Waals surface area (Å²) >= 11 is 0. The van der Waals surface area contributed by atoms with E-state index in [2.05, 4.69) is 20.8 Å². The van der Waals surface area contributed by atoms with Crippen LogP contribution in [-0.4, -0.2) is 11.7 Å². The van der Waals surface area contributed by atoms with Crippen LogP contribution in [0.5, 0.6) is 0 Å². The Morgan fingerprint density at radius 1 is 1.12 bits per heavy atom. The van der Waals surface area contributed by atoms with Crippen LogP contribution in [0.4, 0.5) is 0 Å². The maximum atomic E-state index is 9.88. The van der Waals surface area contributed by atoms with E-state index >= 15 is 0 Å². The van der Waals surface area contributed by atoms with Crippen LogP contribution in [0, 0.1) is 28.1 Å². The van der Waals surface area contributed by atoms with Crippen molar-refractivity contribution < 1.29 is 5.11 Å². The Labute approximate surface area is 99.6 Å². The van der Waals surface area contributed by atoms with Crippen molar-refractivity contribution in [2.45, 2.75) is 59.3 Å². The minimum atomic E-state index is 0.427. The van der Waals surface area contributed by atoms with Gasteiger partial charge in [-0.3, -0.25) is 0 Å². The second-order valence-corrected chi connectivity index (χ2v) is 7.61. The summed E-state index contributed by atoms with van der Waals surface area (Å²) in [6.07, 6.45) is 8.34. The number of fused-ring (bicyclic) bond motifs is 1. The van der Waals surface area contributed by atoms with Crippen LogP contribution in [0.3, 0.4) is 0 Å². The normalized spacial score (nSPS) is 54.0. The molecule has 0 saturated heterocycles. The van der Waals surface area contributed by atoms with Crippen LogP contribution in [0.1, 0.15) is 59.3 Å². The van der Waals surface area contributed by atoms with Crippen molar-refractivity contribution >= 4 is 0 Å². The minimum Gasteiger partial charge on any atom is -0.396 e. The highest BCUT2D eigenvalue weighted by atomic mass is 16.3. The monoisotopic (exact) mass is 222 g/mol. The summed E-state index contributed by atoms with van der Waals surface area (Å²) < 4.78 is 0. The highest BCUT2D eigenvalue weighted by Crippen LogP contribution is 2.76. The molecule has 92 valence electrons. The van der Waals surface area contributed by atoms with Gasteiger partial charge in [-0.05, 0) is 60.2 Å². The van der Waals surface area contributed by atoms with Crippen molar-refractivity contribution in [3.05, 3.63) is 0 Å². The highest BCUT2D eigenvalue weighted by molar-refractivity contribution is 5.18.